The van der Waals surface area contributed by atoms with E-state index in [2.05, 4.69) is 10.1 Å². The summed E-state index contributed by atoms with van der Waals surface area (Å²) in [5, 5.41) is 13.1. The SMILES string of the molecule is O=C(O)CN(c1ccn2nccc2n1)C1CCS(=O)(=O)C1. The number of aliphatic carboxylic acids is 1. The number of sulfone groups is 1. The fraction of sp³-hybridized carbons (Fsp3) is 0.417. The van der Waals surface area contributed by atoms with Gasteiger partial charge >= 0.3 is 5.97 Å². The number of carbonyl (C=O) groups is 1. The zero-order valence-electron chi connectivity index (χ0n) is 11.1. The van der Waals surface area contributed by atoms with E-state index in [-0.39, 0.29) is 24.1 Å². The molecule has 0 amide bonds. The lowest BCUT2D eigenvalue weighted by Crippen LogP contribution is -2.40. The molecule has 21 heavy (non-hydrogen) atoms. The summed E-state index contributed by atoms with van der Waals surface area (Å²) in [6.45, 7) is -0.280. The average molecular weight is 310 g/mol. The molecule has 9 heteroatoms. The van der Waals surface area contributed by atoms with Crippen molar-refractivity contribution in [3.05, 3.63) is 24.5 Å². The lowest BCUT2D eigenvalue weighted by atomic mass is 10.2. The Morgan fingerprint density at radius 2 is 2.29 bits per heavy atom. The maximum atomic E-state index is 11.6. The van der Waals surface area contributed by atoms with E-state index in [1.165, 1.54) is 0 Å². The van der Waals surface area contributed by atoms with Crippen LogP contribution in [0.4, 0.5) is 5.82 Å². The van der Waals surface area contributed by atoms with Gasteiger partial charge < -0.3 is 10.0 Å². The van der Waals surface area contributed by atoms with Gasteiger partial charge in [-0.3, -0.25) is 4.79 Å². The van der Waals surface area contributed by atoms with Crippen LogP contribution in [0.25, 0.3) is 5.65 Å². The van der Waals surface area contributed by atoms with Crippen LogP contribution < -0.4 is 4.90 Å². The van der Waals surface area contributed by atoms with Gasteiger partial charge in [0.2, 0.25) is 0 Å². The van der Waals surface area contributed by atoms with Crippen molar-refractivity contribution < 1.29 is 18.3 Å². The first-order valence-electron chi connectivity index (χ1n) is 6.44. The number of carboxylic acids is 1. The summed E-state index contributed by atoms with van der Waals surface area (Å²) in [5.74, 6) is -0.517. The highest BCUT2D eigenvalue weighted by Gasteiger charge is 2.34. The van der Waals surface area contributed by atoms with E-state index in [0.29, 0.717) is 17.9 Å². The molecule has 1 aliphatic heterocycles. The van der Waals surface area contributed by atoms with Crippen LogP contribution in [0.5, 0.6) is 0 Å². The molecule has 112 valence electrons. The highest BCUT2D eigenvalue weighted by Crippen LogP contribution is 2.23. The van der Waals surface area contributed by atoms with Crippen molar-refractivity contribution in [3.63, 3.8) is 0 Å². The Morgan fingerprint density at radius 1 is 1.48 bits per heavy atom. The van der Waals surface area contributed by atoms with E-state index in [4.69, 9.17) is 5.11 Å². The predicted molar refractivity (Wildman–Crippen MR) is 75.0 cm³/mol. The van der Waals surface area contributed by atoms with Crippen LogP contribution in [-0.4, -0.2) is 58.2 Å². The number of anilines is 1. The van der Waals surface area contributed by atoms with Gasteiger partial charge in [0.05, 0.1) is 17.7 Å². The van der Waals surface area contributed by atoms with E-state index >= 15 is 0 Å². The van der Waals surface area contributed by atoms with Crippen molar-refractivity contribution in [3.8, 4) is 0 Å². The van der Waals surface area contributed by atoms with Crippen LogP contribution >= 0.6 is 0 Å². The van der Waals surface area contributed by atoms with Crippen LogP contribution in [0, 0.1) is 0 Å². The van der Waals surface area contributed by atoms with Crippen molar-refractivity contribution in [1.82, 2.24) is 14.6 Å². The first-order valence-corrected chi connectivity index (χ1v) is 8.26. The lowest BCUT2D eigenvalue weighted by molar-refractivity contribution is -0.135. The molecular formula is C12H14N4O4S. The maximum Gasteiger partial charge on any atom is 0.323 e. The third-order valence-electron chi connectivity index (χ3n) is 3.49. The van der Waals surface area contributed by atoms with E-state index < -0.39 is 15.8 Å². The molecule has 2 aromatic heterocycles. The predicted octanol–water partition coefficient (Wildman–Crippen LogP) is -0.193. The lowest BCUT2D eigenvalue weighted by Gasteiger charge is -2.27. The summed E-state index contributed by atoms with van der Waals surface area (Å²) in [6.07, 6.45) is 3.69. The van der Waals surface area contributed by atoms with Crippen LogP contribution in [0.3, 0.4) is 0 Å². The van der Waals surface area contributed by atoms with Gasteiger partial charge in [0.25, 0.3) is 0 Å². The zero-order chi connectivity index (χ0) is 15.0. The van der Waals surface area contributed by atoms with Crippen LogP contribution in [0.1, 0.15) is 6.42 Å². The fourth-order valence-corrected chi connectivity index (χ4v) is 4.26. The van der Waals surface area contributed by atoms with E-state index in [0.717, 1.165) is 0 Å². The van der Waals surface area contributed by atoms with Crippen LogP contribution in [0.2, 0.25) is 0 Å². The smallest absolute Gasteiger partial charge is 0.323 e. The Labute approximate surface area is 120 Å². The van der Waals surface area contributed by atoms with Gasteiger partial charge in [0.1, 0.15) is 12.4 Å². The molecule has 8 nitrogen and oxygen atoms in total. The van der Waals surface area contributed by atoms with Crippen molar-refractivity contribution >= 4 is 27.3 Å². The van der Waals surface area contributed by atoms with Gasteiger partial charge in [0, 0.05) is 18.3 Å². The zero-order valence-corrected chi connectivity index (χ0v) is 11.9. The molecule has 1 N–H and O–H groups in total. The second-order valence-corrected chi connectivity index (χ2v) is 7.23. The van der Waals surface area contributed by atoms with Crippen LogP contribution in [0.15, 0.2) is 24.5 Å². The molecule has 1 atom stereocenters. The number of fused-ring (bicyclic) bond motifs is 1. The highest BCUT2D eigenvalue weighted by molar-refractivity contribution is 7.91. The standard InChI is InChI=1S/C12H14N4O4S/c17-12(18)7-15(9-3-6-21(19,20)8-9)10-2-5-16-11(14-10)1-4-13-16/h1-2,4-5,9H,3,6-8H2,(H,17,18). The highest BCUT2D eigenvalue weighted by atomic mass is 32.2. The molecule has 1 unspecified atom stereocenters. The van der Waals surface area contributed by atoms with Crippen molar-refractivity contribution in [2.24, 2.45) is 0 Å². The second-order valence-electron chi connectivity index (χ2n) is 5.00. The average Bonchev–Trinajstić information content (AvgIpc) is 3.00. The molecule has 0 aromatic carbocycles. The third-order valence-corrected chi connectivity index (χ3v) is 5.24. The van der Waals surface area contributed by atoms with Crippen molar-refractivity contribution in [2.45, 2.75) is 12.5 Å². The van der Waals surface area contributed by atoms with Gasteiger partial charge in [-0.15, -0.1) is 0 Å². The normalized spacial score (nSPS) is 20.7. The molecule has 0 radical (unpaired) electrons. The number of nitrogens with zero attached hydrogens (tertiary/aromatic N) is 4. The number of rotatable bonds is 4. The molecular weight excluding hydrogens is 296 g/mol. The number of hydrogen-bond donors (Lipinski definition) is 1. The summed E-state index contributed by atoms with van der Waals surface area (Å²) < 4.78 is 24.8. The molecule has 3 heterocycles. The first-order chi connectivity index (χ1) is 9.94. The van der Waals surface area contributed by atoms with E-state index in [1.54, 1.807) is 33.9 Å². The molecule has 0 saturated carbocycles. The van der Waals surface area contributed by atoms with Crippen molar-refractivity contribution in [2.75, 3.05) is 23.0 Å². The molecule has 2 aromatic rings. The number of hydrogen-bond acceptors (Lipinski definition) is 6. The Balaban J connectivity index is 1.96. The van der Waals surface area contributed by atoms with E-state index in [1.807, 2.05) is 0 Å². The monoisotopic (exact) mass is 310 g/mol. The van der Waals surface area contributed by atoms with Gasteiger partial charge in [-0.1, -0.05) is 0 Å². The fourth-order valence-electron chi connectivity index (χ4n) is 2.53. The molecule has 0 spiro atoms. The summed E-state index contributed by atoms with van der Waals surface area (Å²) in [7, 11) is -3.10. The van der Waals surface area contributed by atoms with Gasteiger partial charge in [-0.25, -0.2) is 17.9 Å². The molecule has 1 saturated heterocycles. The first kappa shape index (κ1) is 13.8. The Bertz CT molecular complexity index is 785. The van der Waals surface area contributed by atoms with Crippen molar-refractivity contribution in [1.29, 1.82) is 0 Å². The number of aromatic nitrogens is 3. The summed E-state index contributed by atoms with van der Waals surface area (Å²) >= 11 is 0. The molecule has 0 aliphatic carbocycles. The molecule has 1 fully saturated rings. The third kappa shape index (κ3) is 2.82. The number of carboxylic acid groups (broad SMARTS) is 1. The van der Waals surface area contributed by atoms with Gasteiger partial charge in [-0.2, -0.15) is 5.10 Å². The van der Waals surface area contributed by atoms with Crippen LogP contribution in [-0.2, 0) is 14.6 Å². The maximum absolute atomic E-state index is 11.6. The summed E-state index contributed by atoms with van der Waals surface area (Å²) in [4.78, 5) is 17.0. The quantitative estimate of drug-likeness (QED) is 0.834. The van der Waals surface area contributed by atoms with Gasteiger partial charge in [0.15, 0.2) is 15.5 Å². The second kappa shape index (κ2) is 4.99. The minimum Gasteiger partial charge on any atom is -0.480 e. The summed E-state index contributed by atoms with van der Waals surface area (Å²) in [6, 6.07) is 2.99. The Morgan fingerprint density at radius 3 is 2.95 bits per heavy atom. The largest absolute Gasteiger partial charge is 0.480 e. The topological polar surface area (TPSA) is 105 Å². The minimum absolute atomic E-state index is 0.0353. The van der Waals surface area contributed by atoms with Gasteiger partial charge in [-0.05, 0) is 12.5 Å². The summed E-state index contributed by atoms with van der Waals surface area (Å²) in [5.41, 5.74) is 0.587. The minimum atomic E-state index is -3.10. The Kier molecular flexibility index (Phi) is 3.28. The van der Waals surface area contributed by atoms with E-state index in [9.17, 15) is 13.2 Å². The molecule has 1 aliphatic rings. The molecule has 3 rings (SSSR count). The Hall–Kier alpha value is -2.16. The molecule has 0 bridgehead atoms.